The molecule has 43 heavy (non-hydrogen) atoms. The summed E-state index contributed by atoms with van der Waals surface area (Å²) < 4.78 is 8.94. The maximum atomic E-state index is 13.7. The number of hydrogen-bond acceptors (Lipinski definition) is 5. The van der Waals surface area contributed by atoms with Crippen LogP contribution in [-0.2, 0) is 11.8 Å². The molecule has 6 rings (SSSR count). The summed E-state index contributed by atoms with van der Waals surface area (Å²) in [4.78, 5) is 16.1. The van der Waals surface area contributed by atoms with Crippen LogP contribution in [0.15, 0.2) is 73.1 Å². The van der Waals surface area contributed by atoms with Crippen molar-refractivity contribution in [2.75, 3.05) is 38.7 Å². The average Bonchev–Trinajstić information content (AvgIpc) is 3.74. The maximum Gasteiger partial charge on any atom is 0.320 e. The molecule has 2 aliphatic rings. The number of carbonyl (C=O) groups excluding carboxylic acids is 1. The Labute approximate surface area is 253 Å². The number of carbonyl (C=O) groups is 1. The number of ether oxygens (including phenoxy) is 1. The van der Waals surface area contributed by atoms with Gasteiger partial charge >= 0.3 is 6.03 Å². The zero-order valence-electron chi connectivity index (χ0n) is 25.3. The van der Waals surface area contributed by atoms with Gasteiger partial charge in [-0.15, -0.1) is 0 Å². The van der Waals surface area contributed by atoms with Gasteiger partial charge in [0.25, 0.3) is 0 Å². The minimum Gasteiger partial charge on any atom is -0.383 e. The highest BCUT2D eigenvalue weighted by atomic mass is 16.5. The third-order valence-corrected chi connectivity index (χ3v) is 8.63. The zero-order chi connectivity index (χ0) is 29.8. The van der Waals surface area contributed by atoms with Crippen molar-refractivity contribution in [1.29, 1.82) is 0 Å². The highest BCUT2D eigenvalue weighted by Gasteiger charge is 2.35. The van der Waals surface area contributed by atoms with E-state index in [4.69, 9.17) is 9.84 Å². The predicted molar refractivity (Wildman–Crippen MR) is 170 cm³/mol. The van der Waals surface area contributed by atoms with Crippen molar-refractivity contribution >= 4 is 17.4 Å². The minimum atomic E-state index is -0.243. The smallest absolute Gasteiger partial charge is 0.320 e. The summed E-state index contributed by atoms with van der Waals surface area (Å²) in [6.07, 6.45) is 10.9. The summed E-state index contributed by atoms with van der Waals surface area (Å²) in [7, 11) is 3.62. The minimum absolute atomic E-state index is 0.0568. The number of likely N-dealkylation sites (tertiary alicyclic amines) is 1. The molecule has 9 heteroatoms. The van der Waals surface area contributed by atoms with Crippen LogP contribution in [0.1, 0.15) is 48.3 Å². The average molecular weight is 580 g/mol. The first-order valence-corrected chi connectivity index (χ1v) is 15.2. The van der Waals surface area contributed by atoms with E-state index in [2.05, 4.69) is 51.0 Å². The topological polar surface area (TPSA) is 89.2 Å². The summed E-state index contributed by atoms with van der Waals surface area (Å²) >= 11 is 0. The van der Waals surface area contributed by atoms with Crippen LogP contribution in [-0.4, -0.2) is 69.9 Å². The summed E-state index contributed by atoms with van der Waals surface area (Å²) in [5, 5.41) is 15.7. The van der Waals surface area contributed by atoms with Gasteiger partial charge in [0.05, 0.1) is 24.5 Å². The normalized spacial score (nSPS) is 18.9. The standard InChI is InChI=1S/C34H41N7O2/c1-24-32(28-20-35-39(2)21-28)38-41(29-15-8-5-9-16-29)33(24)37-34(42)36-31-23-40(17-18-43-3)22-30(31)27-14-10-13-26(19-27)25-11-6-4-7-12-25/h5,8-11,13-16,19-21,30-31H,4,6-7,12,17-18,22-23H2,1-3H3,(H2,36,37,42)/t30-,31+/m0/s1. The van der Waals surface area contributed by atoms with Crippen molar-refractivity contribution in [2.24, 2.45) is 7.05 Å². The van der Waals surface area contributed by atoms with Crippen LogP contribution in [0, 0.1) is 6.92 Å². The first kappa shape index (κ1) is 28.9. The highest BCUT2D eigenvalue weighted by molar-refractivity contribution is 5.91. The molecule has 0 radical (unpaired) electrons. The van der Waals surface area contributed by atoms with Crippen molar-refractivity contribution in [3.63, 3.8) is 0 Å². The molecule has 2 atom stereocenters. The van der Waals surface area contributed by atoms with Crippen LogP contribution >= 0.6 is 0 Å². The summed E-state index contributed by atoms with van der Waals surface area (Å²) in [6.45, 7) is 5.09. The Balaban J connectivity index is 1.26. The molecule has 0 bridgehead atoms. The van der Waals surface area contributed by atoms with Crippen LogP contribution in [0.4, 0.5) is 10.6 Å². The fraction of sp³-hybridized carbons (Fsp3) is 0.382. The molecule has 3 heterocycles. The number of nitrogens with one attached hydrogen (secondary N) is 2. The third kappa shape index (κ3) is 6.43. The van der Waals surface area contributed by atoms with Crippen molar-refractivity contribution in [3.8, 4) is 16.9 Å². The van der Waals surface area contributed by atoms with E-state index >= 15 is 0 Å². The number of para-hydroxylation sites is 1. The Morgan fingerprint density at radius 1 is 1.07 bits per heavy atom. The molecule has 1 aliphatic heterocycles. The van der Waals surface area contributed by atoms with Gasteiger partial charge in [-0.1, -0.05) is 48.5 Å². The highest BCUT2D eigenvalue weighted by Crippen LogP contribution is 2.33. The van der Waals surface area contributed by atoms with Crippen LogP contribution in [0.2, 0.25) is 0 Å². The molecule has 9 nitrogen and oxygen atoms in total. The summed E-state index contributed by atoms with van der Waals surface area (Å²) in [6, 6.07) is 18.5. The molecule has 1 saturated heterocycles. The van der Waals surface area contributed by atoms with E-state index in [9.17, 15) is 4.79 Å². The van der Waals surface area contributed by atoms with Crippen molar-refractivity contribution in [1.82, 2.24) is 29.8 Å². The number of aromatic nitrogens is 4. The van der Waals surface area contributed by atoms with E-state index in [0.29, 0.717) is 12.4 Å². The molecule has 2 aromatic heterocycles. The maximum absolute atomic E-state index is 13.7. The lowest BCUT2D eigenvalue weighted by atomic mass is 9.88. The number of anilines is 1. The van der Waals surface area contributed by atoms with Crippen molar-refractivity contribution in [2.45, 2.75) is 44.6 Å². The van der Waals surface area contributed by atoms with Crippen molar-refractivity contribution < 1.29 is 9.53 Å². The molecule has 4 aromatic rings. The van der Waals surface area contributed by atoms with E-state index in [0.717, 1.165) is 55.0 Å². The van der Waals surface area contributed by atoms with Crippen LogP contribution in [0.3, 0.4) is 0 Å². The Morgan fingerprint density at radius 3 is 2.67 bits per heavy atom. The van der Waals surface area contributed by atoms with Gasteiger partial charge < -0.3 is 10.1 Å². The zero-order valence-corrected chi connectivity index (χ0v) is 25.3. The molecule has 0 spiro atoms. The molecule has 1 aliphatic carbocycles. The van der Waals surface area contributed by atoms with Crippen LogP contribution < -0.4 is 10.6 Å². The number of methoxy groups -OCH3 is 1. The molecule has 0 unspecified atom stereocenters. The van der Waals surface area contributed by atoms with Gasteiger partial charge in [0, 0.05) is 57.0 Å². The van der Waals surface area contributed by atoms with Gasteiger partial charge in [0.15, 0.2) is 0 Å². The van der Waals surface area contributed by atoms with E-state index < -0.39 is 0 Å². The Hall–Kier alpha value is -4.21. The van der Waals surface area contributed by atoms with Crippen LogP contribution in [0.5, 0.6) is 0 Å². The van der Waals surface area contributed by atoms with Gasteiger partial charge in [0.2, 0.25) is 0 Å². The number of benzene rings is 2. The predicted octanol–water partition coefficient (Wildman–Crippen LogP) is 5.77. The van der Waals surface area contributed by atoms with Gasteiger partial charge in [-0.25, -0.2) is 9.48 Å². The molecular formula is C34H41N7O2. The third-order valence-electron chi connectivity index (χ3n) is 8.63. The Morgan fingerprint density at radius 2 is 1.93 bits per heavy atom. The number of urea groups is 1. The monoisotopic (exact) mass is 579 g/mol. The van der Waals surface area contributed by atoms with Gasteiger partial charge in [0.1, 0.15) is 11.5 Å². The van der Waals surface area contributed by atoms with Gasteiger partial charge in [-0.05, 0) is 61.4 Å². The number of amides is 2. The number of hydrogen-bond donors (Lipinski definition) is 2. The number of aryl methyl sites for hydroxylation is 1. The second-order valence-corrected chi connectivity index (χ2v) is 11.6. The molecule has 224 valence electrons. The molecule has 1 fully saturated rings. The summed E-state index contributed by atoms with van der Waals surface area (Å²) in [5.41, 5.74) is 7.44. The Bertz CT molecular complexity index is 1590. The number of nitrogens with zero attached hydrogens (tertiary/aromatic N) is 5. The summed E-state index contributed by atoms with van der Waals surface area (Å²) in [5.74, 6) is 0.803. The lowest BCUT2D eigenvalue weighted by Crippen LogP contribution is -2.42. The largest absolute Gasteiger partial charge is 0.383 e. The SMILES string of the molecule is COCCN1C[C@@H](NC(=O)Nc2c(C)c(-c3cnn(C)c3)nn2-c2ccccc2)[C@H](c2cccc(C3=CCCCC3)c2)C1. The molecule has 2 N–H and O–H groups in total. The van der Waals surface area contributed by atoms with E-state index in [-0.39, 0.29) is 18.0 Å². The fourth-order valence-electron chi connectivity index (χ4n) is 6.37. The first-order chi connectivity index (χ1) is 21.0. The first-order valence-electron chi connectivity index (χ1n) is 15.2. The van der Waals surface area contributed by atoms with Gasteiger partial charge in [-0.3, -0.25) is 14.9 Å². The number of allylic oxidation sites excluding steroid dienone is 2. The molecular weight excluding hydrogens is 538 g/mol. The fourth-order valence-corrected chi connectivity index (χ4v) is 6.37. The number of rotatable bonds is 9. The molecule has 2 aromatic carbocycles. The van der Waals surface area contributed by atoms with E-state index in [1.165, 1.54) is 29.5 Å². The quantitative estimate of drug-likeness (QED) is 0.263. The molecule has 2 amide bonds. The second kappa shape index (κ2) is 13.0. The van der Waals surface area contributed by atoms with E-state index in [1.807, 2.05) is 50.5 Å². The van der Waals surface area contributed by atoms with Crippen LogP contribution in [0.25, 0.3) is 22.5 Å². The van der Waals surface area contributed by atoms with E-state index in [1.54, 1.807) is 22.7 Å². The lowest BCUT2D eigenvalue weighted by molar-refractivity contribution is 0.159. The molecule has 0 saturated carbocycles. The Kier molecular flexibility index (Phi) is 8.72. The van der Waals surface area contributed by atoms with Gasteiger partial charge in [-0.2, -0.15) is 10.2 Å². The lowest BCUT2D eigenvalue weighted by Gasteiger charge is -2.22. The van der Waals surface area contributed by atoms with Crippen molar-refractivity contribution in [3.05, 3.63) is 89.8 Å². The second-order valence-electron chi connectivity index (χ2n) is 11.6.